The molecule has 0 amide bonds. The van der Waals surface area contributed by atoms with Gasteiger partial charge in [-0.3, -0.25) is 13.8 Å². The van der Waals surface area contributed by atoms with E-state index in [-0.39, 0.29) is 5.56 Å². The Balaban J connectivity index is 1.46. The van der Waals surface area contributed by atoms with Gasteiger partial charge in [-0.1, -0.05) is 30.8 Å². The third-order valence-corrected chi connectivity index (χ3v) is 6.13. The Morgan fingerprint density at radius 3 is 2.69 bits per heavy atom. The highest BCUT2D eigenvalue weighted by molar-refractivity contribution is 7.98. The molecule has 8 nitrogen and oxygen atoms in total. The summed E-state index contributed by atoms with van der Waals surface area (Å²) in [4.78, 5) is 17.5. The molecule has 5 rings (SSSR count). The van der Waals surface area contributed by atoms with Crippen molar-refractivity contribution in [3.8, 4) is 17.2 Å². The smallest absolute Gasteiger partial charge is 0.262 e. The molecule has 9 heteroatoms. The third-order valence-electron chi connectivity index (χ3n) is 5.16. The van der Waals surface area contributed by atoms with Gasteiger partial charge in [0.15, 0.2) is 5.16 Å². The van der Waals surface area contributed by atoms with E-state index in [2.05, 4.69) is 15.2 Å². The van der Waals surface area contributed by atoms with Crippen molar-refractivity contribution in [2.45, 2.75) is 30.8 Å². The minimum atomic E-state index is -0.0421. The number of para-hydroxylation sites is 1. The number of thioether (sulfide) groups is 1. The molecule has 0 aliphatic rings. The van der Waals surface area contributed by atoms with Crippen LogP contribution in [0, 0.1) is 0 Å². The van der Waals surface area contributed by atoms with Crippen molar-refractivity contribution >= 4 is 28.4 Å². The van der Waals surface area contributed by atoms with Crippen molar-refractivity contribution in [1.82, 2.24) is 24.1 Å². The fourth-order valence-electron chi connectivity index (χ4n) is 3.63. The van der Waals surface area contributed by atoms with Gasteiger partial charge in [0.25, 0.3) is 5.56 Å². The number of oxazole rings is 1. The predicted octanol–water partition coefficient (Wildman–Crippen LogP) is 4.41. The van der Waals surface area contributed by atoms with Gasteiger partial charge in [0.1, 0.15) is 12.0 Å². The Labute approximate surface area is 187 Å². The molecule has 0 saturated carbocycles. The molecule has 0 spiro atoms. The maximum absolute atomic E-state index is 12.9. The van der Waals surface area contributed by atoms with Gasteiger partial charge >= 0.3 is 0 Å². The monoisotopic (exact) mass is 447 g/mol. The summed E-state index contributed by atoms with van der Waals surface area (Å²) in [6, 6.07) is 15.1. The van der Waals surface area contributed by atoms with Gasteiger partial charge in [0.05, 0.1) is 23.7 Å². The Morgan fingerprint density at radius 2 is 1.91 bits per heavy atom. The first-order valence-electron chi connectivity index (χ1n) is 10.3. The normalized spacial score (nSPS) is 11.4. The molecule has 0 radical (unpaired) electrons. The number of aromatic nitrogens is 5. The van der Waals surface area contributed by atoms with E-state index in [1.165, 1.54) is 11.8 Å². The number of aryl methyl sites for hydroxylation is 1. The van der Waals surface area contributed by atoms with Gasteiger partial charge in [-0.25, -0.2) is 4.98 Å². The third kappa shape index (κ3) is 3.54. The lowest BCUT2D eigenvalue weighted by Gasteiger charge is -2.10. The van der Waals surface area contributed by atoms with E-state index < -0.39 is 0 Å². The molecule has 0 unspecified atom stereocenters. The van der Waals surface area contributed by atoms with Crippen LogP contribution in [0.2, 0.25) is 0 Å². The average Bonchev–Trinajstić information content (AvgIpc) is 3.48. The molecule has 0 bridgehead atoms. The van der Waals surface area contributed by atoms with Gasteiger partial charge in [-0.15, -0.1) is 10.2 Å². The van der Waals surface area contributed by atoms with Crippen LogP contribution in [0.3, 0.4) is 0 Å². The van der Waals surface area contributed by atoms with Gasteiger partial charge in [-0.05, 0) is 42.8 Å². The van der Waals surface area contributed by atoms with Crippen LogP contribution in [0.1, 0.15) is 19.0 Å². The van der Waals surface area contributed by atoms with Crippen molar-refractivity contribution in [3.05, 3.63) is 70.8 Å². The van der Waals surface area contributed by atoms with E-state index in [9.17, 15) is 4.79 Å². The van der Waals surface area contributed by atoms with Gasteiger partial charge in [0.2, 0.25) is 11.7 Å². The van der Waals surface area contributed by atoms with E-state index in [4.69, 9.17) is 9.15 Å². The van der Waals surface area contributed by atoms with Crippen LogP contribution in [-0.2, 0) is 12.3 Å². The molecule has 3 heterocycles. The summed E-state index contributed by atoms with van der Waals surface area (Å²) >= 11 is 1.50. The summed E-state index contributed by atoms with van der Waals surface area (Å²) in [5, 5.41) is 10.1. The molecule has 0 atom stereocenters. The topological polar surface area (TPSA) is 87.5 Å². The minimum absolute atomic E-state index is 0.0421. The van der Waals surface area contributed by atoms with Crippen LogP contribution in [0.25, 0.3) is 28.1 Å². The summed E-state index contributed by atoms with van der Waals surface area (Å²) in [6.07, 6.45) is 2.48. The van der Waals surface area contributed by atoms with E-state index in [1.54, 1.807) is 17.9 Å². The fraction of sp³-hybridized carbons (Fsp3) is 0.217. The SMILES string of the molecule is CCCn1c(=O)c2ccccc2n2c(SCc3coc(-c4ccc(OC)cc4)n3)nnc12. The minimum Gasteiger partial charge on any atom is -0.497 e. The standard InChI is InChI=1S/C23H21N5O3S/c1-3-12-27-21(29)18-6-4-5-7-19(18)28-22(27)25-26-23(28)32-14-16-13-31-20(24-16)15-8-10-17(30-2)11-9-15/h4-11,13H,3,12,14H2,1-2H3. The number of rotatable bonds is 7. The van der Waals surface area contributed by atoms with Gasteiger partial charge in [0, 0.05) is 17.9 Å². The summed E-state index contributed by atoms with van der Waals surface area (Å²) in [5.41, 5.74) is 2.43. The molecular formula is C23H21N5O3S. The Morgan fingerprint density at radius 1 is 1.09 bits per heavy atom. The fourth-order valence-corrected chi connectivity index (χ4v) is 4.45. The average molecular weight is 448 g/mol. The van der Waals surface area contributed by atoms with Crippen molar-refractivity contribution in [2.75, 3.05) is 7.11 Å². The molecule has 0 aliphatic carbocycles. The van der Waals surface area contributed by atoms with E-state index in [0.29, 0.717) is 34.5 Å². The molecule has 0 fully saturated rings. The van der Waals surface area contributed by atoms with Crippen molar-refractivity contribution in [3.63, 3.8) is 0 Å². The number of nitrogens with zero attached hydrogens (tertiary/aromatic N) is 5. The number of benzene rings is 2. The molecule has 3 aromatic heterocycles. The predicted molar refractivity (Wildman–Crippen MR) is 123 cm³/mol. The second-order valence-corrected chi connectivity index (χ2v) is 8.20. The summed E-state index contributed by atoms with van der Waals surface area (Å²) < 4.78 is 14.5. The molecule has 0 saturated heterocycles. The van der Waals surface area contributed by atoms with E-state index >= 15 is 0 Å². The van der Waals surface area contributed by atoms with Crippen LogP contribution in [0.15, 0.2) is 69.2 Å². The molecule has 162 valence electrons. The van der Waals surface area contributed by atoms with E-state index in [1.807, 2.05) is 59.9 Å². The van der Waals surface area contributed by atoms with Crippen LogP contribution < -0.4 is 10.3 Å². The van der Waals surface area contributed by atoms with Crippen LogP contribution in [0.5, 0.6) is 5.75 Å². The van der Waals surface area contributed by atoms with Crippen molar-refractivity contribution in [2.24, 2.45) is 0 Å². The zero-order chi connectivity index (χ0) is 22.1. The molecule has 5 aromatic rings. The largest absolute Gasteiger partial charge is 0.497 e. The number of methoxy groups -OCH3 is 1. The lowest BCUT2D eigenvalue weighted by molar-refractivity contribution is 0.415. The second-order valence-electron chi connectivity index (χ2n) is 7.25. The lowest BCUT2D eigenvalue weighted by atomic mass is 10.2. The number of ether oxygens (including phenoxy) is 1. The van der Waals surface area contributed by atoms with Crippen LogP contribution in [0.4, 0.5) is 0 Å². The Bertz CT molecular complexity index is 1450. The summed E-state index contributed by atoms with van der Waals surface area (Å²) in [6.45, 7) is 2.62. The van der Waals surface area contributed by atoms with Gasteiger partial charge < -0.3 is 9.15 Å². The summed E-state index contributed by atoms with van der Waals surface area (Å²) in [5.74, 6) is 2.44. The van der Waals surface area contributed by atoms with E-state index in [0.717, 1.165) is 28.9 Å². The van der Waals surface area contributed by atoms with Crippen LogP contribution >= 0.6 is 11.8 Å². The number of hydrogen-bond acceptors (Lipinski definition) is 7. The maximum Gasteiger partial charge on any atom is 0.262 e. The highest BCUT2D eigenvalue weighted by atomic mass is 32.2. The maximum atomic E-state index is 12.9. The molecule has 32 heavy (non-hydrogen) atoms. The number of fused-ring (bicyclic) bond motifs is 3. The highest BCUT2D eigenvalue weighted by Gasteiger charge is 2.17. The summed E-state index contributed by atoms with van der Waals surface area (Å²) in [7, 11) is 1.63. The first kappa shape index (κ1) is 20.3. The quantitative estimate of drug-likeness (QED) is 0.342. The Hall–Kier alpha value is -3.59. The first-order chi connectivity index (χ1) is 15.7. The van der Waals surface area contributed by atoms with Crippen LogP contribution in [-0.4, -0.2) is 31.3 Å². The van der Waals surface area contributed by atoms with Crippen molar-refractivity contribution in [1.29, 1.82) is 0 Å². The zero-order valence-corrected chi connectivity index (χ0v) is 18.5. The number of hydrogen-bond donors (Lipinski definition) is 0. The zero-order valence-electron chi connectivity index (χ0n) is 17.7. The molecule has 0 aliphatic heterocycles. The molecule has 2 aromatic carbocycles. The Kier molecular flexibility index (Phi) is 5.40. The van der Waals surface area contributed by atoms with Gasteiger partial charge in [-0.2, -0.15) is 0 Å². The van der Waals surface area contributed by atoms with Crippen molar-refractivity contribution < 1.29 is 9.15 Å². The lowest BCUT2D eigenvalue weighted by Crippen LogP contribution is -2.23. The molecule has 0 N–H and O–H groups in total. The highest BCUT2D eigenvalue weighted by Crippen LogP contribution is 2.27. The first-order valence-corrected chi connectivity index (χ1v) is 11.3. The second kappa shape index (κ2) is 8.51. The molecular weight excluding hydrogens is 426 g/mol.